The summed E-state index contributed by atoms with van der Waals surface area (Å²) in [6, 6.07) is 17.4. The molecule has 0 heterocycles. The van der Waals surface area contributed by atoms with Gasteiger partial charge in [-0.15, -0.1) is 0 Å². The van der Waals surface area contributed by atoms with Crippen molar-refractivity contribution in [3.05, 3.63) is 144 Å². The largest absolute Gasteiger partial charge is 0.0885 e. The van der Waals surface area contributed by atoms with Crippen molar-refractivity contribution in [3.63, 3.8) is 0 Å². The van der Waals surface area contributed by atoms with Crippen LogP contribution in [0.2, 0.25) is 0 Å². The van der Waals surface area contributed by atoms with Crippen molar-refractivity contribution in [3.8, 4) is 0 Å². The first-order valence-corrected chi connectivity index (χ1v) is 42.4. The van der Waals surface area contributed by atoms with Gasteiger partial charge in [0.15, 0.2) is 0 Å². The molecule has 0 amide bonds. The number of hydrogen-bond acceptors (Lipinski definition) is 0. The van der Waals surface area contributed by atoms with Crippen LogP contribution < -0.4 is 0 Å². The molecular formula is C93H152. The Balaban J connectivity index is 0.000000160. The zero-order chi connectivity index (χ0) is 64.5. The van der Waals surface area contributed by atoms with Crippen molar-refractivity contribution in [2.75, 3.05) is 0 Å². The summed E-state index contributed by atoms with van der Waals surface area (Å²) in [7, 11) is 0. The van der Waals surface area contributed by atoms with Gasteiger partial charge in [-0.1, -0.05) is 385 Å². The van der Waals surface area contributed by atoms with Gasteiger partial charge in [-0.25, -0.2) is 0 Å². The van der Waals surface area contributed by atoms with Crippen LogP contribution >= 0.6 is 0 Å². The first-order valence-electron chi connectivity index (χ1n) is 42.4. The molecule has 0 nitrogen and oxygen atoms in total. The number of aryl methyl sites for hydroxylation is 4. The molecule has 0 N–H and O–H groups in total. The quantitative estimate of drug-likeness (QED) is 0.182. The van der Waals surface area contributed by atoms with E-state index in [0.717, 1.165) is 24.7 Å². The third-order valence-corrected chi connectivity index (χ3v) is 22.9. The lowest BCUT2D eigenvalue weighted by Gasteiger charge is -2.49. The molecule has 20 rings (SSSR count). The fourth-order valence-corrected chi connectivity index (χ4v) is 16.8. The van der Waals surface area contributed by atoms with Gasteiger partial charge in [0.05, 0.1) is 0 Å². The second kappa shape index (κ2) is 56.9. The number of hydrogen-bond donors (Lipinski definition) is 0. The molecule has 0 aliphatic heterocycles. The number of benzene rings is 2. The summed E-state index contributed by atoms with van der Waals surface area (Å²) in [6.07, 6.45) is 119. The molecule has 18 aliphatic carbocycles. The fourth-order valence-electron chi connectivity index (χ4n) is 16.8. The normalized spacial score (nSPS) is 26.8. The average molecular weight is 1270 g/mol. The lowest BCUT2D eigenvalue weighted by Crippen LogP contribution is -2.38. The van der Waals surface area contributed by atoms with Crippen molar-refractivity contribution in [2.45, 2.75) is 405 Å². The van der Waals surface area contributed by atoms with Crippen LogP contribution in [0.4, 0.5) is 0 Å². The van der Waals surface area contributed by atoms with Gasteiger partial charge in [0.2, 0.25) is 0 Å². The first kappa shape index (κ1) is 78.9. The summed E-state index contributed by atoms with van der Waals surface area (Å²) in [5.74, 6) is 7.02. The predicted octanol–water partition coefficient (Wildman–Crippen LogP) is 30.7. The number of rotatable bonds is 0. The summed E-state index contributed by atoms with van der Waals surface area (Å²) in [5.41, 5.74) is 6.23. The molecule has 0 spiro atoms. The molecule has 0 heteroatoms. The van der Waals surface area contributed by atoms with Crippen molar-refractivity contribution in [1.29, 1.82) is 0 Å². The monoisotopic (exact) mass is 1270 g/mol. The van der Waals surface area contributed by atoms with E-state index in [1.54, 1.807) is 86.5 Å². The highest BCUT2D eigenvalue weighted by atomic mass is 14.5. The van der Waals surface area contributed by atoms with Crippen molar-refractivity contribution < 1.29 is 0 Å². The van der Waals surface area contributed by atoms with Gasteiger partial charge in [-0.05, 0) is 199 Å². The van der Waals surface area contributed by atoms with E-state index in [4.69, 9.17) is 0 Å². The molecule has 0 radical (unpaired) electrons. The zero-order valence-electron chi connectivity index (χ0n) is 61.6. The van der Waals surface area contributed by atoms with Crippen LogP contribution in [0, 0.1) is 35.5 Å². The molecule has 12 saturated carbocycles. The summed E-state index contributed by atoms with van der Waals surface area (Å²) in [4.78, 5) is 0. The van der Waals surface area contributed by atoms with Crippen molar-refractivity contribution in [2.24, 2.45) is 35.5 Å². The molecule has 0 saturated heterocycles. The SMILES string of the molecule is C1=CCC=CC1.C1=CCCC1.C1=CCCC=C1.C1=CCCCC1.C1C2CC3CC1CC(C2)C3.C1CC1.C1CCC1.C1CCC2CCCCC2C1.C1CCCC1.C1CCCCC1.C1CCCCCC1.C1CCCCCCC1.c1ccc2c(c1)CC2.c1ccc2c(c1)CCC2. The third kappa shape index (κ3) is 42.3. The van der Waals surface area contributed by atoms with Gasteiger partial charge < -0.3 is 0 Å². The van der Waals surface area contributed by atoms with E-state index in [9.17, 15) is 0 Å². The van der Waals surface area contributed by atoms with Gasteiger partial charge >= 0.3 is 0 Å². The van der Waals surface area contributed by atoms with Crippen LogP contribution in [-0.4, -0.2) is 0 Å². The van der Waals surface area contributed by atoms with Gasteiger partial charge in [0, 0.05) is 0 Å². The molecular weight excluding hydrogens is 1120 g/mol. The van der Waals surface area contributed by atoms with E-state index in [-0.39, 0.29) is 0 Å². The standard InChI is InChI=1S/C10H16.C10H18.C9H10.C8H8.C8H16.C7H14.C6H12.C6H10.2C6H8.C5H10.C5H8.C4H8.C3H6/c1-7-2-9-4-8(1)5-10(3-7)6-9;1-2-6-10-8-4-3-7-9(10)5-1;1-2-5-9-7-3-6-8(9)4-1;1-2-4-8-6-5-7(8)3-1;1-2-4-6-8-7-5-3-1;1-2-4-6-7-5-3-1;4*1-2-4-6-5-3-1;2*1-2-4-5-3-1;1-2-4-3-1;1-2-3-1/h7-10H,1-6H2;9-10H,1-8H2;1-2,4-5H,3,6-7H2;1-4H,5-6H2;1-8H2;1-7H2;1-6H2;1-2H,3-6H2;1-2,5-6H,3-4H2;1-4H,5-6H2;1-5H2;1-2H,3-5H2;1-4H2;1-3H2. The number of fused-ring (bicyclic) bond motifs is 3. The van der Waals surface area contributed by atoms with E-state index >= 15 is 0 Å². The molecule has 524 valence electrons. The van der Waals surface area contributed by atoms with Crippen LogP contribution in [0.3, 0.4) is 0 Å². The maximum Gasteiger partial charge on any atom is -0.0169 e. The Hall–Kier alpha value is -3.12. The Morgan fingerprint density at radius 3 is 0.570 bits per heavy atom. The van der Waals surface area contributed by atoms with Crippen LogP contribution in [0.5, 0.6) is 0 Å². The highest BCUT2D eigenvalue weighted by molar-refractivity contribution is 5.34. The molecule has 12 fully saturated rings. The minimum absolute atomic E-state index is 1.14. The van der Waals surface area contributed by atoms with E-state index in [2.05, 4.69) is 121 Å². The third-order valence-electron chi connectivity index (χ3n) is 22.9. The molecule has 93 heavy (non-hydrogen) atoms. The second-order valence-electron chi connectivity index (χ2n) is 31.5. The zero-order valence-corrected chi connectivity index (χ0v) is 61.6. The van der Waals surface area contributed by atoms with E-state index in [0.29, 0.717) is 0 Å². The van der Waals surface area contributed by atoms with E-state index in [1.165, 1.54) is 351 Å². The Morgan fingerprint density at radius 1 is 0.183 bits per heavy atom. The second-order valence-corrected chi connectivity index (χ2v) is 31.5. The fraction of sp³-hybridized carbons (Fsp3) is 0.742. The van der Waals surface area contributed by atoms with Crippen molar-refractivity contribution in [1.82, 2.24) is 0 Å². The molecule has 0 aromatic heterocycles. The predicted molar refractivity (Wildman–Crippen MR) is 416 cm³/mol. The van der Waals surface area contributed by atoms with E-state index in [1.807, 2.05) is 0 Å². The summed E-state index contributed by atoms with van der Waals surface area (Å²) in [6.45, 7) is 0. The highest BCUT2D eigenvalue weighted by Gasteiger charge is 2.41. The first-order chi connectivity index (χ1) is 46.3. The van der Waals surface area contributed by atoms with Crippen molar-refractivity contribution >= 4 is 0 Å². The Bertz CT molecular complexity index is 1930. The summed E-state index contributed by atoms with van der Waals surface area (Å²) < 4.78 is 0. The molecule has 18 aliphatic rings. The molecule has 0 unspecified atom stereocenters. The molecule has 4 bridgehead atoms. The van der Waals surface area contributed by atoms with Crippen LogP contribution in [-0.2, 0) is 25.7 Å². The molecule has 2 aromatic carbocycles. The minimum atomic E-state index is 1.14. The van der Waals surface area contributed by atoms with Gasteiger partial charge in [-0.2, -0.15) is 0 Å². The molecule has 2 aromatic rings. The van der Waals surface area contributed by atoms with E-state index < -0.39 is 0 Å². The maximum atomic E-state index is 2.27. The summed E-state index contributed by atoms with van der Waals surface area (Å²) in [5, 5.41) is 0. The van der Waals surface area contributed by atoms with Gasteiger partial charge in [-0.3, -0.25) is 0 Å². The average Bonchev–Trinajstić information content (AvgIpc) is 1.70. The smallest absolute Gasteiger partial charge is 0.0169 e. The lowest BCUT2D eigenvalue weighted by molar-refractivity contribution is 0.0198. The minimum Gasteiger partial charge on any atom is -0.0885 e. The van der Waals surface area contributed by atoms with Crippen LogP contribution in [0.25, 0.3) is 0 Å². The Labute approximate surface area is 580 Å². The molecule has 0 atom stereocenters. The Kier molecular flexibility index (Phi) is 48.2. The van der Waals surface area contributed by atoms with Crippen LogP contribution in [0.1, 0.15) is 401 Å². The Morgan fingerprint density at radius 2 is 0.409 bits per heavy atom. The summed E-state index contributed by atoms with van der Waals surface area (Å²) >= 11 is 0. The number of allylic oxidation sites excluding steroid dienone is 12. The maximum absolute atomic E-state index is 2.27. The topological polar surface area (TPSA) is 0 Å². The van der Waals surface area contributed by atoms with Gasteiger partial charge in [0.25, 0.3) is 0 Å². The van der Waals surface area contributed by atoms with Crippen LogP contribution in [0.15, 0.2) is 121 Å². The lowest BCUT2D eigenvalue weighted by atomic mass is 9.56. The van der Waals surface area contributed by atoms with Gasteiger partial charge in [0.1, 0.15) is 0 Å². The highest BCUT2D eigenvalue weighted by Crippen LogP contribution is 2.53.